The monoisotopic (exact) mass is 409 g/mol. The normalized spacial score (nSPS) is 19.1. The molecule has 2 fully saturated rings. The topological polar surface area (TPSA) is 79.0 Å². The third kappa shape index (κ3) is 5.38. The van der Waals surface area contributed by atoms with Gasteiger partial charge in [-0.15, -0.1) is 0 Å². The van der Waals surface area contributed by atoms with Gasteiger partial charge in [0.05, 0.1) is 4.90 Å². The van der Waals surface area contributed by atoms with Gasteiger partial charge in [0.15, 0.2) is 0 Å². The number of nitrogens with one attached hydrogen (secondary N) is 1. The lowest BCUT2D eigenvalue weighted by Gasteiger charge is -2.33. The Morgan fingerprint density at radius 3 is 2.36 bits per heavy atom. The summed E-state index contributed by atoms with van der Waals surface area (Å²) in [5, 5.41) is 0. The minimum absolute atomic E-state index is 0.181. The molecule has 0 spiro atoms. The quantitative estimate of drug-likeness (QED) is 0.827. The second kappa shape index (κ2) is 8.29. The van der Waals surface area contributed by atoms with Crippen molar-refractivity contribution in [3.8, 4) is 0 Å². The molecule has 0 radical (unpaired) electrons. The molecule has 2 saturated heterocycles. The van der Waals surface area contributed by atoms with Crippen molar-refractivity contribution in [2.24, 2.45) is 0 Å². The van der Waals surface area contributed by atoms with Crippen LogP contribution in [0.15, 0.2) is 29.2 Å². The minimum atomic E-state index is -3.59. The zero-order chi connectivity index (χ0) is 20.4. The van der Waals surface area contributed by atoms with E-state index in [9.17, 15) is 13.2 Å². The molecule has 1 aromatic rings. The number of anilines is 1. The van der Waals surface area contributed by atoms with Crippen molar-refractivity contribution in [2.45, 2.75) is 63.0 Å². The first kappa shape index (κ1) is 20.9. The molecule has 1 N–H and O–H groups in total. The molecule has 3 rings (SSSR count). The molecule has 0 aliphatic carbocycles. The Morgan fingerprint density at radius 2 is 1.75 bits per heavy atom. The number of piperidine rings is 1. The molecule has 1 amide bonds. The molecule has 2 aliphatic rings. The van der Waals surface area contributed by atoms with Crippen LogP contribution in [0, 0.1) is 0 Å². The maximum atomic E-state index is 12.8. The number of likely N-dealkylation sites (tertiary alicyclic amines) is 1. The number of amides is 1. The van der Waals surface area contributed by atoms with Crippen molar-refractivity contribution in [1.29, 1.82) is 0 Å². The van der Waals surface area contributed by atoms with Gasteiger partial charge in [-0.2, -0.15) is 0 Å². The second-order valence-electron chi connectivity index (χ2n) is 8.55. The minimum Gasteiger partial charge on any atom is -0.444 e. The maximum Gasteiger partial charge on any atom is 0.410 e. The largest absolute Gasteiger partial charge is 0.444 e. The predicted molar refractivity (Wildman–Crippen MR) is 109 cm³/mol. The lowest BCUT2D eigenvalue weighted by Crippen LogP contribution is -2.47. The van der Waals surface area contributed by atoms with Crippen LogP contribution in [0.4, 0.5) is 10.5 Å². The average molecular weight is 410 g/mol. The van der Waals surface area contributed by atoms with Crippen LogP contribution >= 0.6 is 0 Å². The fourth-order valence-corrected chi connectivity index (χ4v) is 4.96. The Kier molecular flexibility index (Phi) is 6.19. The Morgan fingerprint density at radius 1 is 1.11 bits per heavy atom. The van der Waals surface area contributed by atoms with Gasteiger partial charge in [-0.25, -0.2) is 17.9 Å². The summed E-state index contributed by atoms with van der Waals surface area (Å²) in [6.07, 6.45) is 3.10. The number of nitrogens with zero attached hydrogens (tertiary/aromatic N) is 2. The van der Waals surface area contributed by atoms with Gasteiger partial charge in [-0.1, -0.05) is 6.07 Å². The van der Waals surface area contributed by atoms with Crippen LogP contribution in [0.5, 0.6) is 0 Å². The molecule has 0 saturated carbocycles. The van der Waals surface area contributed by atoms with E-state index in [1.807, 2.05) is 26.8 Å². The van der Waals surface area contributed by atoms with E-state index in [1.54, 1.807) is 23.1 Å². The molecule has 7 nitrogen and oxygen atoms in total. The summed E-state index contributed by atoms with van der Waals surface area (Å²) < 4.78 is 33.9. The van der Waals surface area contributed by atoms with Crippen molar-refractivity contribution in [3.05, 3.63) is 24.3 Å². The Hall–Kier alpha value is -1.80. The van der Waals surface area contributed by atoms with Gasteiger partial charge < -0.3 is 14.5 Å². The fraction of sp³-hybridized carbons (Fsp3) is 0.650. The first-order valence-electron chi connectivity index (χ1n) is 9.99. The van der Waals surface area contributed by atoms with E-state index in [2.05, 4.69) is 9.62 Å². The van der Waals surface area contributed by atoms with Gasteiger partial charge in [0.2, 0.25) is 10.0 Å². The molecule has 0 bridgehead atoms. The van der Waals surface area contributed by atoms with E-state index in [-0.39, 0.29) is 12.1 Å². The van der Waals surface area contributed by atoms with Gasteiger partial charge in [0.1, 0.15) is 5.60 Å². The van der Waals surface area contributed by atoms with Gasteiger partial charge in [-0.05, 0) is 64.7 Å². The van der Waals surface area contributed by atoms with Crippen molar-refractivity contribution >= 4 is 21.8 Å². The molecule has 156 valence electrons. The van der Waals surface area contributed by atoms with Crippen LogP contribution in [-0.2, 0) is 14.8 Å². The van der Waals surface area contributed by atoms with Crippen molar-refractivity contribution in [2.75, 3.05) is 31.1 Å². The molecule has 0 aromatic heterocycles. The van der Waals surface area contributed by atoms with E-state index in [1.165, 1.54) is 0 Å². The van der Waals surface area contributed by atoms with Crippen LogP contribution < -0.4 is 9.62 Å². The zero-order valence-corrected chi connectivity index (χ0v) is 17.8. The number of rotatable bonds is 4. The summed E-state index contributed by atoms with van der Waals surface area (Å²) in [6, 6.07) is 6.97. The summed E-state index contributed by atoms with van der Waals surface area (Å²) in [7, 11) is -3.59. The predicted octanol–water partition coefficient (Wildman–Crippen LogP) is 2.96. The van der Waals surface area contributed by atoms with Crippen molar-refractivity contribution < 1.29 is 17.9 Å². The van der Waals surface area contributed by atoms with Crippen LogP contribution in [0.1, 0.15) is 46.5 Å². The standard InChI is InChI=1S/C20H31N3O4S/c1-20(2,3)27-19(24)23-13-9-16(10-14-23)21-28(25,26)18-8-6-7-17(15-18)22-11-4-5-12-22/h6-8,15-16,21H,4-5,9-14H2,1-3H3. The fourth-order valence-electron chi connectivity index (χ4n) is 3.62. The first-order chi connectivity index (χ1) is 13.1. The highest BCUT2D eigenvalue weighted by Crippen LogP contribution is 2.24. The lowest BCUT2D eigenvalue weighted by molar-refractivity contribution is 0.0203. The molecular formula is C20H31N3O4S. The lowest BCUT2D eigenvalue weighted by atomic mass is 10.1. The molecule has 2 aliphatic heterocycles. The summed E-state index contributed by atoms with van der Waals surface area (Å²) in [5.74, 6) is 0. The third-order valence-electron chi connectivity index (χ3n) is 5.07. The smallest absolute Gasteiger partial charge is 0.410 e. The van der Waals surface area contributed by atoms with Gasteiger partial charge >= 0.3 is 6.09 Å². The number of benzene rings is 1. The number of ether oxygens (including phenoxy) is 1. The van der Waals surface area contributed by atoms with Gasteiger partial charge in [-0.3, -0.25) is 0 Å². The van der Waals surface area contributed by atoms with Crippen molar-refractivity contribution in [1.82, 2.24) is 9.62 Å². The molecule has 28 heavy (non-hydrogen) atoms. The van der Waals surface area contributed by atoms with Gasteiger partial charge in [0, 0.05) is 37.9 Å². The molecular weight excluding hydrogens is 378 g/mol. The van der Waals surface area contributed by atoms with E-state index < -0.39 is 15.6 Å². The third-order valence-corrected chi connectivity index (χ3v) is 6.59. The van der Waals surface area contributed by atoms with E-state index >= 15 is 0 Å². The molecule has 1 aromatic carbocycles. The highest BCUT2D eigenvalue weighted by Gasteiger charge is 2.29. The Bertz CT molecular complexity index is 790. The summed E-state index contributed by atoms with van der Waals surface area (Å²) in [4.78, 5) is 16.3. The molecule has 0 atom stereocenters. The average Bonchev–Trinajstić information content (AvgIpc) is 3.15. The highest BCUT2D eigenvalue weighted by molar-refractivity contribution is 7.89. The molecule has 0 unspecified atom stereocenters. The van der Waals surface area contributed by atoms with Gasteiger partial charge in [0.25, 0.3) is 0 Å². The van der Waals surface area contributed by atoms with E-state index in [0.29, 0.717) is 30.8 Å². The van der Waals surface area contributed by atoms with Crippen LogP contribution in [-0.4, -0.2) is 57.2 Å². The number of carbonyl (C=O) groups excluding carboxylic acids is 1. The number of hydrogen-bond donors (Lipinski definition) is 1. The van der Waals surface area contributed by atoms with Crippen LogP contribution in [0.2, 0.25) is 0 Å². The second-order valence-corrected chi connectivity index (χ2v) is 10.3. The highest BCUT2D eigenvalue weighted by atomic mass is 32.2. The van der Waals surface area contributed by atoms with Crippen LogP contribution in [0.25, 0.3) is 0 Å². The summed E-state index contributed by atoms with van der Waals surface area (Å²) in [6.45, 7) is 8.41. The molecule has 2 heterocycles. The number of carbonyl (C=O) groups is 1. The van der Waals surface area contributed by atoms with Crippen LogP contribution in [0.3, 0.4) is 0 Å². The van der Waals surface area contributed by atoms with E-state index in [0.717, 1.165) is 31.6 Å². The van der Waals surface area contributed by atoms with Crippen molar-refractivity contribution in [3.63, 3.8) is 0 Å². The van der Waals surface area contributed by atoms with E-state index in [4.69, 9.17) is 4.74 Å². The summed E-state index contributed by atoms with van der Waals surface area (Å²) in [5.41, 5.74) is 0.427. The number of hydrogen-bond acceptors (Lipinski definition) is 5. The summed E-state index contributed by atoms with van der Waals surface area (Å²) >= 11 is 0. The first-order valence-corrected chi connectivity index (χ1v) is 11.5. The SMILES string of the molecule is CC(C)(C)OC(=O)N1CCC(NS(=O)(=O)c2cccc(N3CCCC3)c2)CC1. The Labute approximate surface area is 168 Å². The maximum absolute atomic E-state index is 12.8. The Balaban J connectivity index is 1.58. The number of sulfonamides is 1. The molecule has 8 heteroatoms. The zero-order valence-electron chi connectivity index (χ0n) is 17.0.